The van der Waals surface area contributed by atoms with Crippen LogP contribution in [0, 0.1) is 30.6 Å². The van der Waals surface area contributed by atoms with E-state index < -0.39 is 34.0 Å². The molecule has 3 fully saturated rings. The summed E-state index contributed by atoms with van der Waals surface area (Å²) in [7, 11) is -8.81. The van der Waals surface area contributed by atoms with Crippen LogP contribution in [0.4, 0.5) is 0 Å². The zero-order valence-corrected chi connectivity index (χ0v) is 48.7. The number of pyridine rings is 1. The quantitative estimate of drug-likeness (QED) is 0.0193. The van der Waals surface area contributed by atoms with Gasteiger partial charge in [0.1, 0.15) is 24.5 Å². The predicted octanol–water partition coefficient (Wildman–Crippen LogP) is 7.28. The zero-order chi connectivity index (χ0) is 55.8. The van der Waals surface area contributed by atoms with E-state index in [2.05, 4.69) is 78.0 Å². The molecule has 3 heterocycles. The van der Waals surface area contributed by atoms with E-state index in [0.717, 1.165) is 75.9 Å². The van der Waals surface area contributed by atoms with Gasteiger partial charge in [0.15, 0.2) is 0 Å². The lowest BCUT2D eigenvalue weighted by Gasteiger charge is -2.44. The fourth-order valence-corrected chi connectivity index (χ4v) is 13.9. The first-order valence-electron chi connectivity index (χ1n) is 27.7. The Morgan fingerprint density at radius 2 is 1.40 bits per heavy atom. The van der Waals surface area contributed by atoms with Gasteiger partial charge in [0.2, 0.25) is 5.91 Å². The molecule has 426 valence electrons. The molecule has 18 nitrogen and oxygen atoms in total. The topological polar surface area (TPSA) is 232 Å². The molecule has 3 aliphatic rings. The van der Waals surface area contributed by atoms with Gasteiger partial charge in [0, 0.05) is 94.0 Å². The minimum Gasteiger partial charge on any atom is -0.373 e. The molecule has 1 saturated heterocycles. The minimum atomic E-state index is -4.41. The van der Waals surface area contributed by atoms with Gasteiger partial charge in [-0.25, -0.2) is 0 Å². The van der Waals surface area contributed by atoms with Crippen molar-refractivity contribution in [2.45, 2.75) is 105 Å². The number of unbranched alkanes of at least 4 members (excludes halogenated alkanes) is 2. The molecule has 0 spiro atoms. The summed E-state index contributed by atoms with van der Waals surface area (Å²) in [5.41, 5.74) is 8.79. The highest BCUT2D eigenvalue weighted by atomic mass is 35.5. The lowest BCUT2D eigenvalue weighted by atomic mass is 9.68. The van der Waals surface area contributed by atoms with Crippen LogP contribution in [0.1, 0.15) is 99.2 Å². The van der Waals surface area contributed by atoms with Crippen LogP contribution in [-0.4, -0.2) is 156 Å². The molecule has 2 saturated carbocycles. The van der Waals surface area contributed by atoms with E-state index in [1.165, 1.54) is 19.3 Å². The Balaban J connectivity index is 0.784. The number of carbonyl (C=O) groups excluding carboxylic acids is 1. The molecule has 0 radical (unpaired) electrons. The summed E-state index contributed by atoms with van der Waals surface area (Å²) in [6, 6.07) is 26.7. The summed E-state index contributed by atoms with van der Waals surface area (Å²) in [5.74, 6) is 0.472. The first kappa shape index (κ1) is 60.2. The van der Waals surface area contributed by atoms with Crippen LogP contribution in [-0.2, 0) is 33.6 Å². The van der Waals surface area contributed by atoms with Gasteiger partial charge in [-0.1, -0.05) is 86.8 Å². The number of aryl methyl sites for hydroxylation is 2. The molecule has 2 aliphatic carbocycles. The first-order valence-corrected chi connectivity index (χ1v) is 31.6. The Hall–Kier alpha value is -3.94. The number of nitrogens with zero attached hydrogens (tertiary/aromatic N) is 7. The number of hydrogen-bond donors (Lipinski definition) is 8. The molecule has 8 rings (SSSR count). The molecule has 4 unspecified atom stereocenters. The van der Waals surface area contributed by atoms with E-state index in [9.17, 15) is 38.6 Å². The number of benzene rings is 3. The van der Waals surface area contributed by atoms with Gasteiger partial charge in [0.05, 0.1) is 30.0 Å². The smallest absolute Gasteiger partial charge is 0.339 e. The Bertz CT molecular complexity index is 2870. The lowest BCUT2D eigenvalue weighted by Crippen LogP contribution is -2.51. The van der Waals surface area contributed by atoms with Gasteiger partial charge in [-0.15, -0.1) is 0 Å². The zero-order valence-electron chi connectivity index (χ0n) is 46.2. The van der Waals surface area contributed by atoms with Gasteiger partial charge in [-0.3, -0.25) is 48.5 Å². The highest BCUT2D eigenvalue weighted by molar-refractivity contribution is 7.51. The molecule has 8 N–H and O–H groups in total. The number of halogens is 1. The normalized spacial score (nSPS) is 21.7. The highest BCUT2D eigenvalue weighted by Gasteiger charge is 2.59. The number of hydrogen-bond acceptors (Lipinski definition) is 12. The summed E-state index contributed by atoms with van der Waals surface area (Å²) < 4.78 is 26.5. The van der Waals surface area contributed by atoms with Gasteiger partial charge in [0.25, 0.3) is 0 Å². The Morgan fingerprint density at radius 3 is 2.04 bits per heavy atom. The van der Waals surface area contributed by atoms with E-state index in [4.69, 9.17) is 21.7 Å². The van der Waals surface area contributed by atoms with E-state index >= 15 is 0 Å². The average Bonchev–Trinajstić information content (AvgIpc) is 4.25. The number of aliphatic hydroxyl groups is 1. The molecule has 5 aromatic rings. The average molecular weight is 1130 g/mol. The van der Waals surface area contributed by atoms with Crippen molar-refractivity contribution in [3.63, 3.8) is 0 Å². The fourth-order valence-electron chi connectivity index (χ4n) is 12.2. The van der Waals surface area contributed by atoms with E-state index in [1.54, 1.807) is 9.80 Å². The molecular weight excluding hydrogens is 1050 g/mol. The molecule has 3 aromatic carbocycles. The second kappa shape index (κ2) is 26.3. The molecular formula is C57H83ClN10O8P2. The number of carbonyl (C=O) groups is 1. The van der Waals surface area contributed by atoms with E-state index in [-0.39, 0.29) is 42.4 Å². The predicted molar refractivity (Wildman–Crippen MR) is 308 cm³/mol. The number of aromatic nitrogens is 3. The summed E-state index contributed by atoms with van der Waals surface area (Å²) in [6.45, 7) is 16.9. The Kier molecular flexibility index (Phi) is 20.3. The third-order valence-corrected chi connectivity index (χ3v) is 18.5. The van der Waals surface area contributed by atoms with Crippen LogP contribution in [0.5, 0.6) is 0 Å². The standard InChI is InChI=1S/C57H83ClN10O8P2/c1-41-9-18-50-45(31-41)14-16-48(61-50)37-64-23-27-66(39-77(71,72)73)29-25-65(26-30-67(28-24-64)40-78(74,75)76)38-53(69)60-22-8-6-7-21-59-35-43-10-12-44(13-11-43)36-68-52(46-15-17-49(58)42(2)32-46)33-51(63-68)54(70)62-55-56(3,4)47-19-20-57(55,5)34-47/h9-18,31-33,47,54-55,59,62,70H,6-8,19-30,34-40H2,1-5H3,(H,60,69)(H2,71,72,73)(H2,74,75,76). The maximum absolute atomic E-state index is 13.3. The first-order chi connectivity index (χ1) is 37.0. The van der Waals surface area contributed by atoms with Crippen molar-refractivity contribution in [3.05, 3.63) is 118 Å². The second-order valence-corrected chi connectivity index (χ2v) is 26.9. The largest absolute Gasteiger partial charge is 0.373 e. The van der Waals surface area contributed by atoms with Crippen LogP contribution >= 0.6 is 26.8 Å². The van der Waals surface area contributed by atoms with Crippen molar-refractivity contribution >= 4 is 43.6 Å². The van der Waals surface area contributed by atoms with Crippen LogP contribution in [0.3, 0.4) is 0 Å². The second-order valence-electron chi connectivity index (χ2n) is 23.3. The van der Waals surface area contributed by atoms with Gasteiger partial charge in [-0.2, -0.15) is 5.10 Å². The molecule has 2 bridgehead atoms. The third kappa shape index (κ3) is 16.8. The number of rotatable bonds is 22. The van der Waals surface area contributed by atoms with Crippen molar-refractivity contribution in [2.24, 2.45) is 16.7 Å². The number of nitrogens with one attached hydrogen (secondary N) is 3. The van der Waals surface area contributed by atoms with Crippen LogP contribution < -0.4 is 16.0 Å². The van der Waals surface area contributed by atoms with Crippen molar-refractivity contribution in [2.75, 3.05) is 84.6 Å². The van der Waals surface area contributed by atoms with Crippen LogP contribution in [0.15, 0.2) is 78.9 Å². The molecule has 2 aromatic heterocycles. The molecule has 21 heteroatoms. The lowest BCUT2D eigenvalue weighted by molar-refractivity contribution is -0.122. The highest BCUT2D eigenvalue weighted by Crippen LogP contribution is 2.62. The van der Waals surface area contributed by atoms with Gasteiger partial charge >= 0.3 is 15.2 Å². The number of amides is 1. The minimum absolute atomic E-state index is 0.0405. The van der Waals surface area contributed by atoms with Crippen molar-refractivity contribution in [3.8, 4) is 11.3 Å². The van der Waals surface area contributed by atoms with Crippen LogP contribution in [0.2, 0.25) is 5.02 Å². The van der Waals surface area contributed by atoms with E-state index in [1.807, 2.05) is 65.9 Å². The van der Waals surface area contributed by atoms with Gasteiger partial charge in [-0.05, 0) is 122 Å². The van der Waals surface area contributed by atoms with E-state index in [0.29, 0.717) is 82.1 Å². The summed E-state index contributed by atoms with van der Waals surface area (Å²) in [4.78, 5) is 65.6. The number of fused-ring (bicyclic) bond motifs is 3. The molecule has 1 amide bonds. The molecule has 4 atom stereocenters. The fraction of sp³-hybridized carbons (Fsp3) is 0.561. The maximum Gasteiger partial charge on any atom is 0.339 e. The third-order valence-electron chi connectivity index (χ3n) is 16.5. The summed E-state index contributed by atoms with van der Waals surface area (Å²) >= 11 is 6.44. The molecule has 1 aliphatic heterocycles. The monoisotopic (exact) mass is 1130 g/mol. The maximum atomic E-state index is 13.3. The van der Waals surface area contributed by atoms with Crippen molar-refractivity contribution < 1.29 is 38.6 Å². The van der Waals surface area contributed by atoms with Crippen molar-refractivity contribution in [1.82, 2.24) is 50.3 Å². The Labute approximate surface area is 465 Å². The summed E-state index contributed by atoms with van der Waals surface area (Å²) in [5, 5.41) is 28.6. The Morgan fingerprint density at radius 1 is 0.756 bits per heavy atom. The number of aliphatic hydroxyl groups excluding tert-OH is 1. The van der Waals surface area contributed by atoms with Crippen LogP contribution in [0.25, 0.3) is 22.2 Å². The summed E-state index contributed by atoms with van der Waals surface area (Å²) in [6.07, 6.45) is 4.47. The van der Waals surface area contributed by atoms with Gasteiger partial charge < -0.3 is 35.3 Å². The SMILES string of the molecule is Cc1ccc2nc(CN3CCN(CP(=O)(O)O)CCN(CC(=O)NCCCCCNCc4ccc(Cn5nc(C(O)NC6C7(C)CCC(C7)C6(C)C)cc5-c5ccc(Cl)c(C)c5)cc4)CCN(CP(=O)(O)O)CC3)ccc2c1. The van der Waals surface area contributed by atoms with Crippen molar-refractivity contribution in [1.29, 1.82) is 0 Å². The molecule has 78 heavy (non-hydrogen) atoms.